The Bertz CT molecular complexity index is 1280. The van der Waals surface area contributed by atoms with Gasteiger partial charge >= 0.3 is 0 Å². The number of rotatable bonds is 9. The van der Waals surface area contributed by atoms with Crippen molar-refractivity contribution in [3.8, 4) is 17.2 Å². The summed E-state index contributed by atoms with van der Waals surface area (Å²) < 4.78 is 17.3. The highest BCUT2D eigenvalue weighted by Gasteiger charge is 2.28. The summed E-state index contributed by atoms with van der Waals surface area (Å²) in [4.78, 5) is 13.0. The molecule has 0 saturated carbocycles. The van der Waals surface area contributed by atoms with Crippen LogP contribution in [0.25, 0.3) is 6.08 Å². The molecule has 0 atom stereocenters. The second-order valence-corrected chi connectivity index (χ2v) is 8.40. The van der Waals surface area contributed by atoms with E-state index in [4.69, 9.17) is 37.4 Å². The molecule has 0 N–H and O–H groups in total. The average molecular weight is 511 g/mol. The minimum Gasteiger partial charge on any atom is -0.490 e. The first-order chi connectivity index (χ1) is 17.0. The summed E-state index contributed by atoms with van der Waals surface area (Å²) in [6.45, 7) is 4.61. The van der Waals surface area contributed by atoms with Crippen LogP contribution < -0.4 is 19.2 Å². The number of ether oxygens (including phenoxy) is 3. The lowest BCUT2D eigenvalue weighted by Crippen LogP contribution is -2.21. The molecule has 1 amide bonds. The molecule has 6 nitrogen and oxygen atoms in total. The second-order valence-electron chi connectivity index (χ2n) is 7.59. The molecule has 0 aromatic heterocycles. The number of carbonyl (C=O) groups is 1. The fraction of sp³-hybridized carbons (Fsp3) is 0.185. The lowest BCUT2D eigenvalue weighted by Gasteiger charge is -2.15. The molecule has 1 aliphatic rings. The highest BCUT2D eigenvalue weighted by atomic mass is 35.5. The molecule has 0 spiro atoms. The van der Waals surface area contributed by atoms with Gasteiger partial charge in [-0.2, -0.15) is 10.1 Å². The molecular weight excluding hydrogens is 487 g/mol. The van der Waals surface area contributed by atoms with Crippen LogP contribution in [0.1, 0.15) is 19.4 Å². The summed E-state index contributed by atoms with van der Waals surface area (Å²) in [5, 5.41) is 6.70. The number of halogens is 2. The lowest BCUT2D eigenvalue weighted by molar-refractivity contribution is -0.114. The Balaban J connectivity index is 1.51. The largest absolute Gasteiger partial charge is 0.490 e. The van der Waals surface area contributed by atoms with Gasteiger partial charge in [0, 0.05) is 0 Å². The second kappa shape index (κ2) is 11.3. The summed E-state index contributed by atoms with van der Waals surface area (Å²) in [5.74, 6) is 1.26. The van der Waals surface area contributed by atoms with E-state index in [-0.39, 0.29) is 19.1 Å². The lowest BCUT2D eigenvalue weighted by atomic mass is 10.1. The van der Waals surface area contributed by atoms with Crippen molar-refractivity contribution in [2.75, 3.05) is 24.8 Å². The molecule has 35 heavy (non-hydrogen) atoms. The van der Waals surface area contributed by atoms with Gasteiger partial charge in [-0.3, -0.25) is 4.79 Å². The molecule has 0 radical (unpaired) electrons. The molecule has 0 bridgehead atoms. The van der Waals surface area contributed by atoms with Crippen molar-refractivity contribution >= 4 is 46.6 Å². The van der Waals surface area contributed by atoms with Crippen LogP contribution in [0.4, 0.5) is 5.69 Å². The van der Waals surface area contributed by atoms with E-state index in [1.165, 1.54) is 5.01 Å². The summed E-state index contributed by atoms with van der Waals surface area (Å²) >= 11 is 12.7. The van der Waals surface area contributed by atoms with Gasteiger partial charge in [0.15, 0.2) is 11.5 Å². The van der Waals surface area contributed by atoms with Gasteiger partial charge in [0.2, 0.25) is 0 Å². The average Bonchev–Trinajstić information content (AvgIpc) is 3.13. The van der Waals surface area contributed by atoms with Crippen LogP contribution >= 0.6 is 23.2 Å². The fourth-order valence-electron chi connectivity index (χ4n) is 3.53. The van der Waals surface area contributed by atoms with Crippen molar-refractivity contribution < 1.29 is 19.0 Å². The molecule has 180 valence electrons. The van der Waals surface area contributed by atoms with Gasteiger partial charge < -0.3 is 14.2 Å². The van der Waals surface area contributed by atoms with Crippen molar-refractivity contribution in [1.82, 2.24) is 0 Å². The Morgan fingerprint density at radius 3 is 2.34 bits per heavy atom. The van der Waals surface area contributed by atoms with Gasteiger partial charge in [-0.15, -0.1) is 0 Å². The number of carbonyl (C=O) groups excluding carboxylic acids is 1. The first-order valence-electron chi connectivity index (χ1n) is 11.1. The number of anilines is 1. The van der Waals surface area contributed by atoms with E-state index in [0.29, 0.717) is 56.4 Å². The molecule has 1 aliphatic heterocycles. The van der Waals surface area contributed by atoms with Gasteiger partial charge in [0.1, 0.15) is 19.0 Å². The van der Waals surface area contributed by atoms with Crippen molar-refractivity contribution in [1.29, 1.82) is 0 Å². The maximum Gasteiger partial charge on any atom is 0.280 e. The third-order valence-electron chi connectivity index (χ3n) is 5.13. The van der Waals surface area contributed by atoms with E-state index in [1.54, 1.807) is 37.3 Å². The van der Waals surface area contributed by atoms with E-state index in [1.807, 2.05) is 49.4 Å². The number of para-hydroxylation sites is 2. The minimum absolute atomic E-state index is 0.208. The van der Waals surface area contributed by atoms with E-state index < -0.39 is 0 Å². The van der Waals surface area contributed by atoms with Crippen molar-refractivity contribution in [2.24, 2.45) is 5.10 Å². The van der Waals surface area contributed by atoms with Crippen LogP contribution in [0.5, 0.6) is 17.2 Å². The van der Waals surface area contributed by atoms with E-state index >= 15 is 0 Å². The highest BCUT2D eigenvalue weighted by molar-refractivity contribution is 6.33. The predicted octanol–water partition coefficient (Wildman–Crippen LogP) is 6.66. The summed E-state index contributed by atoms with van der Waals surface area (Å²) in [6.07, 6.45) is 1.75. The minimum atomic E-state index is -0.208. The molecule has 0 fully saturated rings. The fourth-order valence-corrected chi connectivity index (χ4v) is 3.99. The van der Waals surface area contributed by atoms with Gasteiger partial charge in [-0.25, -0.2) is 0 Å². The molecule has 0 unspecified atom stereocenters. The standard InChI is InChI=1S/C27H24Cl2N2O4/c1-3-33-25-17-19(15-21-18(2)30-31(27(21)32)20-9-5-4-6-10-20)16-23(29)26(25)35-14-13-34-24-12-8-7-11-22(24)28/h4-12,15-17H,3,13-14H2,1-2H3. The normalized spacial score (nSPS) is 14.3. The van der Waals surface area contributed by atoms with E-state index in [2.05, 4.69) is 5.10 Å². The number of nitrogens with zero attached hydrogens (tertiary/aromatic N) is 2. The zero-order chi connectivity index (χ0) is 24.8. The first kappa shape index (κ1) is 24.6. The number of benzene rings is 3. The van der Waals surface area contributed by atoms with Crippen molar-refractivity contribution in [2.45, 2.75) is 13.8 Å². The van der Waals surface area contributed by atoms with Crippen LogP contribution in [0, 0.1) is 0 Å². The molecule has 3 aromatic rings. The molecule has 4 rings (SSSR count). The van der Waals surface area contributed by atoms with Crippen LogP contribution in [0.3, 0.4) is 0 Å². The van der Waals surface area contributed by atoms with Gasteiger partial charge in [-0.05, 0) is 61.9 Å². The summed E-state index contributed by atoms with van der Waals surface area (Å²) in [7, 11) is 0. The number of hydrogen-bond donors (Lipinski definition) is 0. The van der Waals surface area contributed by atoms with Crippen LogP contribution in [-0.4, -0.2) is 31.4 Å². The SMILES string of the molecule is CCOc1cc(C=C2C(=O)N(c3ccccc3)N=C2C)cc(Cl)c1OCCOc1ccccc1Cl. The topological polar surface area (TPSA) is 60.4 Å². The maximum atomic E-state index is 13.0. The first-order valence-corrected chi connectivity index (χ1v) is 11.9. The quantitative estimate of drug-likeness (QED) is 0.238. The number of hydrogen-bond acceptors (Lipinski definition) is 5. The number of hydrazone groups is 1. The smallest absolute Gasteiger partial charge is 0.280 e. The molecular formula is C27H24Cl2N2O4. The third kappa shape index (κ3) is 5.78. The Morgan fingerprint density at radius 2 is 1.60 bits per heavy atom. The van der Waals surface area contributed by atoms with Crippen molar-refractivity contribution in [3.05, 3.63) is 87.9 Å². The molecule has 0 saturated heterocycles. The molecule has 8 heteroatoms. The zero-order valence-corrected chi connectivity index (χ0v) is 20.8. The Labute approximate surface area is 214 Å². The predicted molar refractivity (Wildman–Crippen MR) is 140 cm³/mol. The molecule has 3 aromatic carbocycles. The van der Waals surface area contributed by atoms with Gasteiger partial charge in [0.05, 0.1) is 33.6 Å². The zero-order valence-electron chi connectivity index (χ0n) is 19.3. The van der Waals surface area contributed by atoms with Crippen LogP contribution in [0.15, 0.2) is 77.4 Å². The van der Waals surface area contributed by atoms with Crippen LogP contribution in [0.2, 0.25) is 10.0 Å². The maximum absolute atomic E-state index is 13.0. The van der Waals surface area contributed by atoms with Crippen molar-refractivity contribution in [3.63, 3.8) is 0 Å². The monoisotopic (exact) mass is 510 g/mol. The van der Waals surface area contributed by atoms with E-state index in [9.17, 15) is 4.79 Å². The molecule has 1 heterocycles. The summed E-state index contributed by atoms with van der Waals surface area (Å²) in [5.41, 5.74) is 2.50. The highest BCUT2D eigenvalue weighted by Crippen LogP contribution is 2.38. The Hall–Kier alpha value is -3.48. The summed E-state index contributed by atoms with van der Waals surface area (Å²) in [6, 6.07) is 20.0. The Morgan fingerprint density at radius 1 is 0.886 bits per heavy atom. The van der Waals surface area contributed by atoms with Gasteiger partial charge in [0.25, 0.3) is 5.91 Å². The van der Waals surface area contributed by atoms with E-state index in [0.717, 1.165) is 0 Å². The van der Waals surface area contributed by atoms with Gasteiger partial charge in [-0.1, -0.05) is 53.5 Å². The molecule has 0 aliphatic carbocycles. The van der Waals surface area contributed by atoms with Crippen LogP contribution in [-0.2, 0) is 4.79 Å². The number of amides is 1. The third-order valence-corrected chi connectivity index (χ3v) is 5.72. The Kier molecular flexibility index (Phi) is 7.95.